The molecule has 0 spiro atoms. The Balaban J connectivity index is 2.03. The van der Waals surface area contributed by atoms with Crippen molar-refractivity contribution in [1.82, 2.24) is 14.5 Å². The average Bonchev–Trinajstić information content (AvgIpc) is 3.06. The van der Waals surface area contributed by atoms with Gasteiger partial charge in [0, 0.05) is 17.8 Å². The van der Waals surface area contributed by atoms with Crippen LogP contribution in [-0.2, 0) is 5.88 Å². The van der Waals surface area contributed by atoms with E-state index >= 15 is 0 Å². The van der Waals surface area contributed by atoms with E-state index in [0.29, 0.717) is 23.2 Å². The predicted molar refractivity (Wildman–Crippen MR) is 105 cm³/mol. The van der Waals surface area contributed by atoms with Crippen molar-refractivity contribution in [3.8, 4) is 17.1 Å². The van der Waals surface area contributed by atoms with Gasteiger partial charge in [-0.1, -0.05) is 18.2 Å². The molecule has 5 nitrogen and oxygen atoms in total. The number of benzene rings is 2. The summed E-state index contributed by atoms with van der Waals surface area (Å²) < 4.78 is 2.02. The first-order chi connectivity index (χ1) is 12.7. The fourth-order valence-corrected chi connectivity index (χ4v) is 3.10. The number of alkyl halides is 1. The molecule has 0 fully saturated rings. The SMILES string of the molecule is [C-]#[N+]c1ccc2c(c1)nc(-c1cccnc1N)n2-c1ccc(CCl)cc1. The first-order valence-electron chi connectivity index (χ1n) is 7.97. The van der Waals surface area contributed by atoms with Gasteiger partial charge in [-0.15, -0.1) is 11.6 Å². The maximum absolute atomic E-state index is 7.23. The Hall–Kier alpha value is -3.36. The van der Waals surface area contributed by atoms with Crippen molar-refractivity contribution >= 4 is 34.1 Å². The van der Waals surface area contributed by atoms with Crippen LogP contribution in [0.5, 0.6) is 0 Å². The molecule has 2 aromatic carbocycles. The van der Waals surface area contributed by atoms with Gasteiger partial charge in [-0.25, -0.2) is 14.8 Å². The number of nitrogens with zero attached hydrogens (tertiary/aromatic N) is 4. The highest BCUT2D eigenvalue weighted by atomic mass is 35.5. The lowest BCUT2D eigenvalue weighted by Gasteiger charge is -2.11. The van der Waals surface area contributed by atoms with Crippen LogP contribution < -0.4 is 5.73 Å². The number of anilines is 1. The van der Waals surface area contributed by atoms with Gasteiger partial charge in [-0.3, -0.25) is 4.57 Å². The largest absolute Gasteiger partial charge is 0.383 e. The zero-order valence-corrected chi connectivity index (χ0v) is 14.5. The lowest BCUT2D eigenvalue weighted by atomic mass is 10.2. The molecule has 126 valence electrons. The van der Waals surface area contributed by atoms with Gasteiger partial charge in [-0.05, 0) is 42.0 Å². The Morgan fingerprint density at radius 1 is 1.12 bits per heavy atom. The number of hydrogen-bond donors (Lipinski definition) is 1. The first kappa shape index (κ1) is 16.1. The summed E-state index contributed by atoms with van der Waals surface area (Å²) in [4.78, 5) is 12.4. The van der Waals surface area contributed by atoms with Gasteiger partial charge in [-0.2, -0.15) is 0 Å². The Morgan fingerprint density at radius 3 is 2.62 bits per heavy atom. The Morgan fingerprint density at radius 2 is 1.92 bits per heavy atom. The molecule has 0 aliphatic carbocycles. The zero-order chi connectivity index (χ0) is 18.1. The highest BCUT2D eigenvalue weighted by Gasteiger charge is 2.17. The molecule has 0 aliphatic heterocycles. The van der Waals surface area contributed by atoms with Crippen molar-refractivity contribution in [2.24, 2.45) is 0 Å². The van der Waals surface area contributed by atoms with Crippen molar-refractivity contribution in [2.45, 2.75) is 5.88 Å². The van der Waals surface area contributed by atoms with Crippen LogP contribution in [0.1, 0.15) is 5.56 Å². The lowest BCUT2D eigenvalue weighted by molar-refractivity contribution is 1.09. The molecule has 0 radical (unpaired) electrons. The molecule has 6 heteroatoms. The maximum atomic E-state index is 7.23. The van der Waals surface area contributed by atoms with Crippen LogP contribution in [0.3, 0.4) is 0 Å². The second-order valence-corrected chi connectivity index (χ2v) is 6.06. The quantitative estimate of drug-likeness (QED) is 0.415. The van der Waals surface area contributed by atoms with E-state index in [2.05, 4.69) is 9.83 Å². The highest BCUT2D eigenvalue weighted by Crippen LogP contribution is 2.32. The van der Waals surface area contributed by atoms with E-state index in [0.717, 1.165) is 27.8 Å². The number of pyridine rings is 1. The van der Waals surface area contributed by atoms with Gasteiger partial charge in [0.2, 0.25) is 0 Å². The van der Waals surface area contributed by atoms with Crippen LogP contribution in [0.2, 0.25) is 0 Å². The average molecular weight is 360 g/mol. The van der Waals surface area contributed by atoms with Gasteiger partial charge in [0.05, 0.1) is 23.2 Å². The summed E-state index contributed by atoms with van der Waals surface area (Å²) in [6.45, 7) is 7.23. The van der Waals surface area contributed by atoms with Crippen molar-refractivity contribution < 1.29 is 0 Å². The third kappa shape index (κ3) is 2.67. The minimum atomic E-state index is 0.409. The molecular weight excluding hydrogens is 346 g/mol. The first-order valence-corrected chi connectivity index (χ1v) is 8.51. The third-order valence-corrected chi connectivity index (χ3v) is 4.50. The van der Waals surface area contributed by atoms with E-state index in [-0.39, 0.29) is 0 Å². The van der Waals surface area contributed by atoms with Gasteiger partial charge >= 0.3 is 0 Å². The van der Waals surface area contributed by atoms with Crippen LogP contribution in [0.25, 0.3) is 33.0 Å². The molecule has 2 heterocycles. The summed E-state index contributed by atoms with van der Waals surface area (Å²) in [6.07, 6.45) is 1.65. The minimum absolute atomic E-state index is 0.409. The summed E-state index contributed by atoms with van der Waals surface area (Å²) in [5, 5.41) is 0. The Labute approximate surface area is 155 Å². The summed E-state index contributed by atoms with van der Waals surface area (Å²) in [5.74, 6) is 1.56. The van der Waals surface area contributed by atoms with Crippen LogP contribution in [0.4, 0.5) is 11.5 Å². The molecule has 4 aromatic rings. The number of fused-ring (bicyclic) bond motifs is 1. The normalized spacial score (nSPS) is 10.8. The zero-order valence-electron chi connectivity index (χ0n) is 13.7. The van der Waals surface area contributed by atoms with Gasteiger partial charge in [0.25, 0.3) is 0 Å². The summed E-state index contributed by atoms with van der Waals surface area (Å²) in [7, 11) is 0. The smallest absolute Gasteiger partial charge is 0.189 e. The number of hydrogen-bond acceptors (Lipinski definition) is 3. The van der Waals surface area contributed by atoms with E-state index in [9.17, 15) is 0 Å². The fourth-order valence-electron chi connectivity index (χ4n) is 2.92. The molecule has 0 saturated carbocycles. The van der Waals surface area contributed by atoms with E-state index < -0.39 is 0 Å². The number of halogens is 1. The topological polar surface area (TPSA) is 61.1 Å². The molecule has 0 atom stereocenters. The second kappa shape index (κ2) is 6.51. The standard InChI is InChI=1S/C20H14ClN5/c1-23-14-6-9-18-17(11-14)25-20(16-3-2-10-24-19(16)22)26(18)15-7-4-13(12-21)5-8-15/h2-11H,12H2,(H2,22,24). The third-order valence-electron chi connectivity index (χ3n) is 4.20. The number of rotatable bonds is 3. The minimum Gasteiger partial charge on any atom is -0.383 e. The van der Waals surface area contributed by atoms with E-state index in [1.54, 1.807) is 18.3 Å². The van der Waals surface area contributed by atoms with Crippen LogP contribution in [-0.4, -0.2) is 14.5 Å². The molecule has 0 unspecified atom stereocenters. The maximum Gasteiger partial charge on any atom is 0.189 e. The number of nitrogens with two attached hydrogens (primary N) is 1. The van der Waals surface area contributed by atoms with Gasteiger partial charge in [0.15, 0.2) is 5.69 Å². The van der Waals surface area contributed by atoms with E-state index in [1.807, 2.05) is 47.0 Å². The van der Waals surface area contributed by atoms with Crippen LogP contribution in [0, 0.1) is 6.57 Å². The molecular formula is C20H14ClN5. The monoisotopic (exact) mass is 359 g/mol. The summed E-state index contributed by atoms with van der Waals surface area (Å²) >= 11 is 5.91. The van der Waals surface area contributed by atoms with Gasteiger partial charge in [0.1, 0.15) is 11.6 Å². The second-order valence-electron chi connectivity index (χ2n) is 5.79. The van der Waals surface area contributed by atoms with Crippen molar-refractivity contribution in [3.05, 3.63) is 77.8 Å². The molecule has 26 heavy (non-hydrogen) atoms. The van der Waals surface area contributed by atoms with Crippen molar-refractivity contribution in [3.63, 3.8) is 0 Å². The van der Waals surface area contributed by atoms with Crippen LogP contribution in [0.15, 0.2) is 60.8 Å². The molecule has 0 saturated heterocycles. The Kier molecular flexibility index (Phi) is 4.04. The summed E-state index contributed by atoms with van der Waals surface area (Å²) in [5.41, 5.74) is 11.0. The molecule has 0 amide bonds. The predicted octanol–water partition coefficient (Wildman–Crippen LogP) is 4.96. The number of aromatic nitrogens is 3. The van der Waals surface area contributed by atoms with E-state index in [4.69, 9.17) is 28.9 Å². The molecule has 4 rings (SSSR count). The van der Waals surface area contributed by atoms with Gasteiger partial charge < -0.3 is 5.73 Å². The highest BCUT2D eigenvalue weighted by molar-refractivity contribution is 6.17. The Bertz CT molecular complexity index is 1140. The van der Waals surface area contributed by atoms with Crippen molar-refractivity contribution in [1.29, 1.82) is 0 Å². The van der Waals surface area contributed by atoms with Crippen molar-refractivity contribution in [2.75, 3.05) is 5.73 Å². The summed E-state index contributed by atoms with van der Waals surface area (Å²) in [6, 6.07) is 17.2. The molecule has 2 aromatic heterocycles. The fraction of sp³-hybridized carbons (Fsp3) is 0.0500. The molecule has 2 N–H and O–H groups in total. The number of imidazole rings is 1. The lowest BCUT2D eigenvalue weighted by Crippen LogP contribution is -2.01. The van der Waals surface area contributed by atoms with E-state index in [1.165, 1.54) is 0 Å². The molecule has 0 aliphatic rings. The number of nitrogen functional groups attached to an aromatic ring is 1. The molecule has 0 bridgehead atoms. The van der Waals surface area contributed by atoms with Crippen LogP contribution >= 0.6 is 11.6 Å².